The lowest BCUT2D eigenvalue weighted by Crippen LogP contribution is -2.46. The fourth-order valence-corrected chi connectivity index (χ4v) is 5.30. The van der Waals surface area contributed by atoms with Crippen LogP contribution in [-0.4, -0.2) is 61.8 Å². The van der Waals surface area contributed by atoms with Gasteiger partial charge in [-0.05, 0) is 37.5 Å². The maximum Gasteiger partial charge on any atom is 0.343 e. The Bertz CT molecular complexity index is 1060. The molecule has 186 valence electrons. The van der Waals surface area contributed by atoms with Crippen molar-refractivity contribution in [3.63, 3.8) is 0 Å². The number of aryl methyl sites for hydroxylation is 1. The molecule has 1 N–H and O–H groups in total. The summed E-state index contributed by atoms with van der Waals surface area (Å²) >= 11 is 0. The molecule has 0 spiro atoms. The van der Waals surface area contributed by atoms with Gasteiger partial charge in [-0.25, -0.2) is 13.2 Å². The number of benzene rings is 2. The summed E-state index contributed by atoms with van der Waals surface area (Å²) in [7, 11) is 0.0245. The minimum atomic E-state index is -4.27. The number of nitrogens with zero attached hydrogens (tertiary/aromatic N) is 1. The average Bonchev–Trinajstić information content (AvgIpc) is 3.44. The van der Waals surface area contributed by atoms with Crippen molar-refractivity contribution in [2.24, 2.45) is 5.92 Å². The lowest BCUT2D eigenvalue weighted by atomic mass is 9.80. The topological polar surface area (TPSA) is 104 Å². The lowest BCUT2D eigenvalue weighted by molar-refractivity contribution is -0.879. The highest BCUT2D eigenvalue weighted by Gasteiger charge is 2.49. The molecule has 2 aromatic rings. The summed E-state index contributed by atoms with van der Waals surface area (Å²) in [6.07, 6.45) is 4.68. The Morgan fingerprint density at radius 1 is 1.03 bits per heavy atom. The van der Waals surface area contributed by atoms with E-state index in [9.17, 15) is 22.9 Å². The zero-order valence-corrected chi connectivity index (χ0v) is 21.0. The van der Waals surface area contributed by atoms with Crippen LogP contribution in [0.1, 0.15) is 43.2 Å². The second-order valence-electron chi connectivity index (χ2n) is 10.0. The first-order valence-corrected chi connectivity index (χ1v) is 13.2. The Kier molecular flexibility index (Phi) is 8.18. The second kappa shape index (κ2) is 10.6. The van der Waals surface area contributed by atoms with E-state index in [1.807, 2.05) is 37.3 Å². The van der Waals surface area contributed by atoms with E-state index in [4.69, 9.17) is 4.74 Å². The molecule has 7 nitrogen and oxygen atoms in total. The van der Waals surface area contributed by atoms with Gasteiger partial charge in [-0.2, -0.15) is 0 Å². The summed E-state index contributed by atoms with van der Waals surface area (Å²) in [6, 6.07) is 15.1. The number of carbonyl (C=O) groups is 1. The highest BCUT2D eigenvalue weighted by atomic mass is 32.2. The number of aliphatic hydroxyl groups is 1. The first kappa shape index (κ1) is 26.3. The van der Waals surface area contributed by atoms with Crippen LogP contribution < -0.4 is 0 Å². The van der Waals surface area contributed by atoms with Crippen molar-refractivity contribution >= 4 is 16.1 Å². The van der Waals surface area contributed by atoms with Crippen LogP contribution in [0.2, 0.25) is 0 Å². The van der Waals surface area contributed by atoms with E-state index in [0.29, 0.717) is 5.56 Å². The van der Waals surface area contributed by atoms with Crippen LogP contribution in [0.4, 0.5) is 0 Å². The maximum atomic E-state index is 12.9. The molecule has 2 fully saturated rings. The molecule has 0 aromatic heterocycles. The van der Waals surface area contributed by atoms with Gasteiger partial charge in [0.05, 0.1) is 25.5 Å². The normalized spacial score (nSPS) is 21.9. The van der Waals surface area contributed by atoms with Crippen LogP contribution in [0, 0.1) is 12.8 Å². The van der Waals surface area contributed by atoms with E-state index < -0.39 is 21.7 Å². The first-order valence-electron chi connectivity index (χ1n) is 11.8. The Balaban J connectivity index is 0.000000248. The molecule has 1 aliphatic heterocycles. The van der Waals surface area contributed by atoms with Crippen LogP contribution in [-0.2, 0) is 25.3 Å². The number of ether oxygens (including phenoxy) is 1. The van der Waals surface area contributed by atoms with E-state index in [-0.39, 0.29) is 16.9 Å². The minimum Gasteiger partial charge on any atom is -0.744 e. The third-order valence-electron chi connectivity index (χ3n) is 6.81. The van der Waals surface area contributed by atoms with Gasteiger partial charge in [-0.1, -0.05) is 60.9 Å². The maximum absolute atomic E-state index is 12.9. The van der Waals surface area contributed by atoms with Gasteiger partial charge in [-0.3, -0.25) is 0 Å². The molecule has 1 saturated heterocycles. The molecule has 0 unspecified atom stereocenters. The predicted octanol–water partition coefficient (Wildman–Crippen LogP) is 3.36. The molecule has 4 rings (SSSR count). The van der Waals surface area contributed by atoms with Gasteiger partial charge >= 0.3 is 5.97 Å². The second-order valence-corrected chi connectivity index (χ2v) is 11.4. The summed E-state index contributed by atoms with van der Waals surface area (Å²) < 4.78 is 37.8. The molecule has 2 atom stereocenters. The van der Waals surface area contributed by atoms with Crippen molar-refractivity contribution in [1.82, 2.24) is 0 Å². The Morgan fingerprint density at radius 3 is 2.12 bits per heavy atom. The molecule has 2 aliphatic rings. The minimum absolute atomic E-state index is 0.0405. The number of rotatable bonds is 5. The van der Waals surface area contributed by atoms with Gasteiger partial charge in [-0.15, -0.1) is 0 Å². The van der Waals surface area contributed by atoms with E-state index in [0.717, 1.165) is 55.2 Å². The molecule has 1 saturated carbocycles. The van der Waals surface area contributed by atoms with Crippen LogP contribution in [0.15, 0.2) is 59.5 Å². The zero-order chi connectivity index (χ0) is 25.0. The van der Waals surface area contributed by atoms with E-state index in [1.54, 1.807) is 12.1 Å². The van der Waals surface area contributed by atoms with Crippen molar-refractivity contribution in [1.29, 1.82) is 0 Å². The summed E-state index contributed by atoms with van der Waals surface area (Å²) in [6.45, 7) is 3.65. The largest absolute Gasteiger partial charge is 0.744 e. The summed E-state index contributed by atoms with van der Waals surface area (Å²) in [5.74, 6) is -0.496. The molecule has 0 bridgehead atoms. The summed E-state index contributed by atoms with van der Waals surface area (Å²) in [4.78, 5) is 12.8. The smallest absolute Gasteiger partial charge is 0.343 e. The van der Waals surface area contributed by atoms with Crippen LogP contribution in [0.5, 0.6) is 0 Å². The van der Waals surface area contributed by atoms with E-state index in [2.05, 4.69) is 14.1 Å². The number of quaternary nitrogens is 1. The van der Waals surface area contributed by atoms with Crippen LogP contribution >= 0.6 is 0 Å². The monoisotopic (exact) mass is 489 g/mol. The molecule has 34 heavy (non-hydrogen) atoms. The summed E-state index contributed by atoms with van der Waals surface area (Å²) in [5, 5.41) is 11.4. The Labute approximate surface area is 202 Å². The Hall–Kier alpha value is -2.26. The number of likely N-dealkylation sites (tertiary alicyclic amines) is 1. The molecule has 8 heteroatoms. The molecule has 2 aromatic carbocycles. The van der Waals surface area contributed by atoms with Crippen molar-refractivity contribution in [3.8, 4) is 0 Å². The lowest BCUT2D eigenvalue weighted by Gasteiger charge is -2.33. The Morgan fingerprint density at radius 2 is 1.62 bits per heavy atom. The van der Waals surface area contributed by atoms with Gasteiger partial charge in [0.25, 0.3) is 0 Å². The van der Waals surface area contributed by atoms with Gasteiger partial charge in [0.1, 0.15) is 16.7 Å². The third kappa shape index (κ3) is 6.44. The van der Waals surface area contributed by atoms with Gasteiger partial charge in [0.2, 0.25) is 0 Å². The van der Waals surface area contributed by atoms with Gasteiger partial charge in [0.15, 0.2) is 11.7 Å². The fourth-order valence-electron chi connectivity index (χ4n) is 4.83. The number of hydrogen-bond donors (Lipinski definition) is 1. The number of hydrogen-bond acceptors (Lipinski definition) is 6. The van der Waals surface area contributed by atoms with E-state index in [1.165, 1.54) is 12.1 Å². The van der Waals surface area contributed by atoms with Crippen molar-refractivity contribution in [2.45, 2.75) is 55.6 Å². The standard InChI is InChI=1S/C19H28NO3.C7H8O3S/c1-20(2)13-12-17(14-20)23-18(21)19(22,16-10-6-7-11-16)15-8-4-3-5-9-15;1-6-2-4-7(5-3-6)11(8,9)10/h3-5,8-9,16-17,22H,6-7,10-14H2,1-2H3;2-5H,1H3,(H,8,9,10)/q+1;/p-1/t17-,19-;/m0./s1. The average molecular weight is 490 g/mol. The quantitative estimate of drug-likeness (QED) is 0.392. The first-order chi connectivity index (χ1) is 15.9. The molecular weight excluding hydrogens is 454 g/mol. The molecule has 1 heterocycles. The van der Waals surface area contributed by atoms with Crippen LogP contribution in [0.25, 0.3) is 0 Å². The highest BCUT2D eigenvalue weighted by Crippen LogP contribution is 2.42. The van der Waals surface area contributed by atoms with Crippen molar-refractivity contribution in [2.75, 3.05) is 27.2 Å². The van der Waals surface area contributed by atoms with Gasteiger partial charge in [0, 0.05) is 12.3 Å². The molecular formula is C26H35NO6S. The van der Waals surface area contributed by atoms with E-state index >= 15 is 0 Å². The highest BCUT2D eigenvalue weighted by molar-refractivity contribution is 7.85. The SMILES string of the molecule is C[N+]1(C)CC[C@H](OC(=O)[C@](O)(c2ccccc2)C2CCCC2)C1.Cc1ccc(S(=O)(=O)[O-])cc1. The van der Waals surface area contributed by atoms with Crippen LogP contribution in [0.3, 0.4) is 0 Å². The number of likely N-dealkylation sites (N-methyl/N-ethyl adjacent to an activating group) is 1. The number of esters is 1. The predicted molar refractivity (Wildman–Crippen MR) is 128 cm³/mol. The molecule has 0 amide bonds. The number of carbonyl (C=O) groups excluding carboxylic acids is 1. The van der Waals surface area contributed by atoms with Crippen molar-refractivity contribution in [3.05, 3.63) is 65.7 Å². The molecule has 1 aliphatic carbocycles. The summed E-state index contributed by atoms with van der Waals surface area (Å²) in [5.41, 5.74) is 0.0957. The van der Waals surface area contributed by atoms with Gasteiger partial charge < -0.3 is 18.9 Å². The zero-order valence-electron chi connectivity index (χ0n) is 20.1. The fraction of sp³-hybridized carbons (Fsp3) is 0.500. The third-order valence-corrected chi connectivity index (χ3v) is 7.66. The van der Waals surface area contributed by atoms with Crippen molar-refractivity contribution < 1.29 is 32.1 Å². The molecule has 0 radical (unpaired) electrons.